The molecule has 4 rings (SSSR count). The third kappa shape index (κ3) is 4.83. The van der Waals surface area contributed by atoms with Crippen LogP contribution in [0, 0.1) is 13.8 Å². The number of rotatable bonds is 6. The maximum Gasteiger partial charge on any atom is 0.343 e. The Balaban J connectivity index is 1.56. The highest BCUT2D eigenvalue weighted by Gasteiger charge is 2.25. The minimum atomic E-state index is -0.413. The van der Waals surface area contributed by atoms with Gasteiger partial charge in [-0.3, -0.25) is 4.79 Å². The second-order valence-corrected chi connectivity index (χ2v) is 9.51. The van der Waals surface area contributed by atoms with E-state index in [1.54, 1.807) is 32.2 Å². The van der Waals surface area contributed by atoms with E-state index in [0.29, 0.717) is 16.9 Å². The number of hydrogen-bond acceptors (Lipinski definition) is 4. The number of methoxy groups -OCH3 is 1. The van der Waals surface area contributed by atoms with E-state index in [0.717, 1.165) is 33.2 Å². The first kappa shape index (κ1) is 24.2. The van der Waals surface area contributed by atoms with Crippen LogP contribution in [0.4, 0.5) is 0 Å². The van der Waals surface area contributed by atoms with Crippen LogP contribution in [0.25, 0.3) is 10.8 Å². The molecular weight excluding hydrogens is 436 g/mol. The lowest BCUT2D eigenvalue weighted by Crippen LogP contribution is -2.19. The maximum absolute atomic E-state index is 12.9. The summed E-state index contributed by atoms with van der Waals surface area (Å²) in [6, 6.07) is 23.0. The van der Waals surface area contributed by atoms with Gasteiger partial charge in [-0.1, -0.05) is 56.3 Å². The Labute approximate surface area is 206 Å². The van der Waals surface area contributed by atoms with Crippen LogP contribution >= 0.6 is 0 Å². The number of benzene rings is 4. The van der Waals surface area contributed by atoms with E-state index < -0.39 is 5.97 Å². The molecule has 0 amide bonds. The van der Waals surface area contributed by atoms with Gasteiger partial charge in [-0.25, -0.2) is 4.79 Å². The van der Waals surface area contributed by atoms with Crippen molar-refractivity contribution in [1.29, 1.82) is 0 Å². The molecule has 0 aromatic heterocycles. The van der Waals surface area contributed by atoms with Crippen LogP contribution in [0.2, 0.25) is 0 Å². The van der Waals surface area contributed by atoms with Crippen molar-refractivity contribution in [3.8, 4) is 11.5 Å². The lowest BCUT2D eigenvalue weighted by atomic mass is 9.77. The summed E-state index contributed by atoms with van der Waals surface area (Å²) >= 11 is 0. The molecule has 0 atom stereocenters. The lowest BCUT2D eigenvalue weighted by molar-refractivity contribution is 0.0733. The Morgan fingerprint density at radius 1 is 0.686 bits per heavy atom. The fraction of sp³-hybridized carbons (Fsp3) is 0.226. The van der Waals surface area contributed by atoms with Crippen molar-refractivity contribution in [2.45, 2.75) is 40.0 Å². The van der Waals surface area contributed by atoms with Crippen LogP contribution in [-0.4, -0.2) is 18.9 Å². The molecule has 0 saturated carbocycles. The molecule has 0 bridgehead atoms. The van der Waals surface area contributed by atoms with Gasteiger partial charge in [0.1, 0.15) is 11.5 Å². The number of esters is 1. The zero-order chi connectivity index (χ0) is 25.3. The number of carbonyl (C=O) groups is 2. The van der Waals surface area contributed by atoms with Crippen LogP contribution < -0.4 is 9.47 Å². The van der Waals surface area contributed by atoms with E-state index in [4.69, 9.17) is 9.47 Å². The Hall–Kier alpha value is -3.92. The number of aryl methyl sites for hydroxylation is 2. The normalized spacial score (nSPS) is 11.4. The van der Waals surface area contributed by atoms with E-state index in [9.17, 15) is 9.59 Å². The van der Waals surface area contributed by atoms with Gasteiger partial charge in [-0.05, 0) is 84.1 Å². The summed E-state index contributed by atoms with van der Waals surface area (Å²) in [6.07, 6.45) is 0. The summed E-state index contributed by atoms with van der Waals surface area (Å²) in [5.74, 6) is 1.01. The molecule has 0 heterocycles. The van der Waals surface area contributed by atoms with Gasteiger partial charge in [-0.2, -0.15) is 0 Å². The predicted octanol–water partition coefficient (Wildman–Crippen LogP) is 7.21. The van der Waals surface area contributed by atoms with Gasteiger partial charge in [0.05, 0.1) is 12.7 Å². The Morgan fingerprint density at radius 2 is 1.20 bits per heavy atom. The molecule has 0 unspecified atom stereocenters. The first-order valence-electron chi connectivity index (χ1n) is 11.6. The van der Waals surface area contributed by atoms with Gasteiger partial charge in [-0.15, -0.1) is 0 Å². The fourth-order valence-corrected chi connectivity index (χ4v) is 4.34. The van der Waals surface area contributed by atoms with Crippen LogP contribution in [0.1, 0.15) is 63.7 Å². The molecule has 4 nitrogen and oxygen atoms in total. The zero-order valence-electron chi connectivity index (χ0n) is 21.1. The molecule has 0 saturated heterocycles. The third-order valence-corrected chi connectivity index (χ3v) is 6.70. The molecule has 0 aliphatic heterocycles. The van der Waals surface area contributed by atoms with E-state index in [1.807, 2.05) is 50.2 Å². The van der Waals surface area contributed by atoms with Gasteiger partial charge >= 0.3 is 5.97 Å². The summed E-state index contributed by atoms with van der Waals surface area (Å²) < 4.78 is 11.2. The molecule has 4 aromatic carbocycles. The molecule has 0 N–H and O–H groups in total. The smallest absolute Gasteiger partial charge is 0.343 e. The second kappa shape index (κ2) is 9.38. The summed E-state index contributed by atoms with van der Waals surface area (Å²) in [6.45, 7) is 9.90. The Morgan fingerprint density at radius 3 is 1.71 bits per heavy atom. The molecular formula is C31H30O4. The molecule has 0 spiro atoms. The quantitative estimate of drug-likeness (QED) is 0.171. The molecule has 0 aliphatic rings. The number of ketones is 1. The topological polar surface area (TPSA) is 52.6 Å². The minimum Gasteiger partial charge on any atom is -0.496 e. The zero-order valence-corrected chi connectivity index (χ0v) is 21.1. The van der Waals surface area contributed by atoms with Crippen molar-refractivity contribution >= 4 is 22.5 Å². The Bertz CT molecular complexity index is 1450. The van der Waals surface area contributed by atoms with Crippen molar-refractivity contribution < 1.29 is 19.1 Å². The van der Waals surface area contributed by atoms with Crippen molar-refractivity contribution in [2.75, 3.05) is 7.11 Å². The third-order valence-electron chi connectivity index (χ3n) is 6.70. The SMILES string of the molecule is COc1ccc(C(C)(C)c2ccc(OC(=O)c3ccc4cc(C(C)=O)ccc4c3)c(C)c2)cc1C. The predicted molar refractivity (Wildman–Crippen MR) is 140 cm³/mol. The standard InChI is InChI=1S/C31H30O4/c1-19-15-26(11-13-28(19)34-6)31(4,5)27-12-14-29(20(2)16-27)35-30(33)25-10-9-23-17-22(21(3)32)7-8-24(23)18-25/h7-18H,1-6H3. The van der Waals surface area contributed by atoms with Gasteiger partial charge in [0, 0.05) is 11.0 Å². The first-order valence-corrected chi connectivity index (χ1v) is 11.6. The number of ether oxygens (including phenoxy) is 2. The highest BCUT2D eigenvalue weighted by Crippen LogP contribution is 2.36. The molecule has 35 heavy (non-hydrogen) atoms. The molecule has 178 valence electrons. The van der Waals surface area contributed by atoms with Crippen LogP contribution in [0.5, 0.6) is 11.5 Å². The summed E-state index contributed by atoms with van der Waals surface area (Å²) in [5, 5.41) is 1.79. The average molecular weight is 467 g/mol. The summed E-state index contributed by atoms with van der Waals surface area (Å²) in [5.41, 5.74) is 5.17. The number of hydrogen-bond donors (Lipinski definition) is 0. The maximum atomic E-state index is 12.9. The lowest BCUT2D eigenvalue weighted by Gasteiger charge is -2.27. The highest BCUT2D eigenvalue weighted by atomic mass is 16.5. The van der Waals surface area contributed by atoms with Crippen molar-refractivity contribution in [1.82, 2.24) is 0 Å². The number of carbonyl (C=O) groups excluding carboxylic acids is 2. The second-order valence-electron chi connectivity index (χ2n) is 9.51. The largest absolute Gasteiger partial charge is 0.496 e. The van der Waals surface area contributed by atoms with E-state index >= 15 is 0 Å². The van der Waals surface area contributed by atoms with Crippen molar-refractivity contribution in [2.24, 2.45) is 0 Å². The van der Waals surface area contributed by atoms with Gasteiger partial charge < -0.3 is 9.47 Å². The van der Waals surface area contributed by atoms with Gasteiger partial charge in [0.15, 0.2) is 5.78 Å². The van der Waals surface area contributed by atoms with E-state index in [1.165, 1.54) is 5.56 Å². The summed E-state index contributed by atoms with van der Waals surface area (Å²) in [4.78, 5) is 24.5. The van der Waals surface area contributed by atoms with E-state index in [-0.39, 0.29) is 11.2 Å². The molecule has 4 heteroatoms. The van der Waals surface area contributed by atoms with E-state index in [2.05, 4.69) is 32.0 Å². The molecule has 0 aliphatic carbocycles. The highest BCUT2D eigenvalue weighted by molar-refractivity contribution is 6.01. The van der Waals surface area contributed by atoms with Crippen LogP contribution in [0.3, 0.4) is 0 Å². The summed E-state index contributed by atoms with van der Waals surface area (Å²) in [7, 11) is 1.68. The first-order chi connectivity index (χ1) is 16.6. The molecule has 4 aromatic rings. The Kier molecular flexibility index (Phi) is 6.49. The van der Waals surface area contributed by atoms with Crippen molar-refractivity contribution in [3.63, 3.8) is 0 Å². The monoisotopic (exact) mass is 466 g/mol. The van der Waals surface area contributed by atoms with Crippen LogP contribution in [0.15, 0.2) is 72.8 Å². The molecule has 0 radical (unpaired) electrons. The minimum absolute atomic E-state index is 0.0135. The van der Waals surface area contributed by atoms with Gasteiger partial charge in [0.25, 0.3) is 0 Å². The number of Topliss-reactive ketones (excluding diaryl/α,β-unsaturated/α-hetero) is 1. The molecule has 0 fully saturated rings. The number of fused-ring (bicyclic) bond motifs is 1. The van der Waals surface area contributed by atoms with Gasteiger partial charge in [0.2, 0.25) is 0 Å². The van der Waals surface area contributed by atoms with Crippen molar-refractivity contribution in [3.05, 3.63) is 106 Å². The fourth-order valence-electron chi connectivity index (χ4n) is 4.34. The van der Waals surface area contributed by atoms with Crippen LogP contribution in [-0.2, 0) is 5.41 Å². The average Bonchev–Trinajstić information content (AvgIpc) is 2.84.